The lowest BCUT2D eigenvalue weighted by Crippen LogP contribution is -2.30. The van der Waals surface area contributed by atoms with E-state index in [-0.39, 0.29) is 43.3 Å². The van der Waals surface area contributed by atoms with Crippen molar-refractivity contribution in [3.63, 3.8) is 0 Å². The molecule has 0 bridgehead atoms. The van der Waals surface area contributed by atoms with Gasteiger partial charge in [0, 0.05) is 31.6 Å². The first kappa shape index (κ1) is 21.0. The standard InChI is InChI=1S/C22H24N4O4/c1-14-6-8-16(9-7-14)26-13-15(12-20(26)28)21(29)25-18-5-3-2-4-17(18)22(30)24-11-10-19(23)27/h2-9,15H,10-13H2,1H3,(H2,23,27)(H,24,30)(H,25,29). The van der Waals surface area contributed by atoms with E-state index >= 15 is 0 Å². The number of carbonyl (C=O) groups excluding carboxylic acids is 4. The fourth-order valence-corrected chi connectivity index (χ4v) is 3.28. The van der Waals surface area contributed by atoms with Gasteiger partial charge in [0.1, 0.15) is 0 Å². The molecular formula is C22H24N4O4. The topological polar surface area (TPSA) is 122 Å². The molecule has 2 aromatic carbocycles. The van der Waals surface area contributed by atoms with E-state index in [1.54, 1.807) is 29.2 Å². The van der Waals surface area contributed by atoms with Crippen LogP contribution >= 0.6 is 0 Å². The first-order valence-corrected chi connectivity index (χ1v) is 9.68. The van der Waals surface area contributed by atoms with Gasteiger partial charge in [0.05, 0.1) is 17.2 Å². The van der Waals surface area contributed by atoms with Crippen molar-refractivity contribution in [3.8, 4) is 0 Å². The molecule has 4 amide bonds. The summed E-state index contributed by atoms with van der Waals surface area (Å²) in [5, 5.41) is 5.36. The molecular weight excluding hydrogens is 384 g/mol. The Morgan fingerprint density at radius 3 is 2.50 bits per heavy atom. The second-order valence-electron chi connectivity index (χ2n) is 7.25. The molecule has 0 spiro atoms. The number of hydrogen-bond acceptors (Lipinski definition) is 4. The molecule has 30 heavy (non-hydrogen) atoms. The zero-order chi connectivity index (χ0) is 21.7. The van der Waals surface area contributed by atoms with Crippen molar-refractivity contribution in [2.75, 3.05) is 23.3 Å². The van der Waals surface area contributed by atoms with Crippen LogP contribution in [0.5, 0.6) is 0 Å². The fraction of sp³-hybridized carbons (Fsp3) is 0.273. The molecule has 1 fully saturated rings. The fourth-order valence-electron chi connectivity index (χ4n) is 3.28. The Labute approximate surface area is 174 Å². The molecule has 0 radical (unpaired) electrons. The van der Waals surface area contributed by atoms with E-state index < -0.39 is 17.7 Å². The molecule has 1 atom stereocenters. The molecule has 3 rings (SSSR count). The first-order valence-electron chi connectivity index (χ1n) is 9.68. The number of hydrogen-bond donors (Lipinski definition) is 3. The Hall–Kier alpha value is -3.68. The monoisotopic (exact) mass is 408 g/mol. The number of anilines is 2. The van der Waals surface area contributed by atoms with Crippen LogP contribution in [-0.4, -0.2) is 36.7 Å². The summed E-state index contributed by atoms with van der Waals surface area (Å²) < 4.78 is 0. The Bertz CT molecular complexity index is 971. The van der Waals surface area contributed by atoms with E-state index in [4.69, 9.17) is 5.73 Å². The largest absolute Gasteiger partial charge is 0.370 e. The van der Waals surface area contributed by atoms with Crippen LogP contribution in [0.3, 0.4) is 0 Å². The lowest BCUT2D eigenvalue weighted by atomic mass is 10.1. The van der Waals surface area contributed by atoms with Crippen molar-refractivity contribution in [2.45, 2.75) is 19.8 Å². The smallest absolute Gasteiger partial charge is 0.253 e. The molecule has 2 aromatic rings. The average Bonchev–Trinajstić information content (AvgIpc) is 3.10. The number of nitrogens with two attached hydrogens (primary N) is 1. The average molecular weight is 408 g/mol. The van der Waals surface area contributed by atoms with Crippen LogP contribution in [0.4, 0.5) is 11.4 Å². The number of nitrogens with one attached hydrogen (secondary N) is 2. The van der Waals surface area contributed by atoms with Gasteiger partial charge in [0.2, 0.25) is 17.7 Å². The SMILES string of the molecule is Cc1ccc(N2CC(C(=O)Nc3ccccc3C(=O)NCCC(N)=O)CC2=O)cc1. The molecule has 8 heteroatoms. The molecule has 8 nitrogen and oxygen atoms in total. The van der Waals surface area contributed by atoms with Gasteiger partial charge in [-0.15, -0.1) is 0 Å². The predicted molar refractivity (Wildman–Crippen MR) is 113 cm³/mol. The van der Waals surface area contributed by atoms with Gasteiger partial charge in [-0.05, 0) is 31.2 Å². The molecule has 0 aliphatic carbocycles. The highest BCUT2D eigenvalue weighted by Gasteiger charge is 2.35. The summed E-state index contributed by atoms with van der Waals surface area (Å²) >= 11 is 0. The highest BCUT2D eigenvalue weighted by atomic mass is 16.2. The molecule has 1 heterocycles. The van der Waals surface area contributed by atoms with Gasteiger partial charge in [0.15, 0.2) is 0 Å². The zero-order valence-electron chi connectivity index (χ0n) is 16.7. The Morgan fingerprint density at radius 2 is 1.80 bits per heavy atom. The van der Waals surface area contributed by atoms with Crippen molar-refractivity contribution in [1.29, 1.82) is 0 Å². The number of para-hydroxylation sites is 1. The maximum atomic E-state index is 12.8. The molecule has 0 aromatic heterocycles. The molecule has 1 saturated heterocycles. The molecule has 1 unspecified atom stereocenters. The van der Waals surface area contributed by atoms with Crippen molar-refractivity contribution < 1.29 is 19.2 Å². The quantitative estimate of drug-likeness (QED) is 0.644. The predicted octanol–water partition coefficient (Wildman–Crippen LogP) is 1.59. The maximum absolute atomic E-state index is 12.8. The van der Waals surface area contributed by atoms with Crippen molar-refractivity contribution >= 4 is 35.0 Å². The second kappa shape index (κ2) is 9.21. The van der Waals surface area contributed by atoms with Crippen LogP contribution in [0.1, 0.15) is 28.8 Å². The van der Waals surface area contributed by atoms with Gasteiger partial charge >= 0.3 is 0 Å². The van der Waals surface area contributed by atoms with Gasteiger partial charge in [-0.1, -0.05) is 29.8 Å². The maximum Gasteiger partial charge on any atom is 0.253 e. The second-order valence-corrected chi connectivity index (χ2v) is 7.25. The summed E-state index contributed by atoms with van der Waals surface area (Å²) in [6, 6.07) is 14.1. The number of benzene rings is 2. The number of amides is 4. The number of carbonyl (C=O) groups is 4. The van der Waals surface area contributed by atoms with Crippen LogP contribution in [-0.2, 0) is 14.4 Å². The van der Waals surface area contributed by atoms with Crippen LogP contribution in [0.2, 0.25) is 0 Å². The van der Waals surface area contributed by atoms with E-state index in [0.29, 0.717) is 5.69 Å². The molecule has 1 aliphatic rings. The summed E-state index contributed by atoms with van der Waals surface area (Å²) in [6.45, 7) is 2.35. The van der Waals surface area contributed by atoms with Crippen molar-refractivity contribution in [1.82, 2.24) is 5.32 Å². The summed E-state index contributed by atoms with van der Waals surface area (Å²) in [7, 11) is 0. The van der Waals surface area contributed by atoms with Crippen molar-refractivity contribution in [3.05, 3.63) is 59.7 Å². The van der Waals surface area contributed by atoms with Crippen LogP contribution in [0.15, 0.2) is 48.5 Å². The van der Waals surface area contributed by atoms with Gasteiger partial charge in [0.25, 0.3) is 5.91 Å². The lowest BCUT2D eigenvalue weighted by Gasteiger charge is -2.17. The van der Waals surface area contributed by atoms with Gasteiger partial charge in [-0.2, -0.15) is 0 Å². The van der Waals surface area contributed by atoms with Crippen LogP contribution in [0, 0.1) is 12.8 Å². The summed E-state index contributed by atoms with van der Waals surface area (Å²) in [4.78, 5) is 50.0. The minimum absolute atomic E-state index is 0.0271. The van der Waals surface area contributed by atoms with Gasteiger partial charge < -0.3 is 21.3 Å². The van der Waals surface area contributed by atoms with Crippen LogP contribution < -0.4 is 21.3 Å². The number of primary amides is 1. The summed E-state index contributed by atoms with van der Waals surface area (Å²) in [5.74, 6) is -1.89. The van der Waals surface area contributed by atoms with Gasteiger partial charge in [-0.25, -0.2) is 0 Å². The molecule has 4 N–H and O–H groups in total. The van der Waals surface area contributed by atoms with E-state index in [9.17, 15) is 19.2 Å². The lowest BCUT2D eigenvalue weighted by molar-refractivity contribution is -0.122. The van der Waals surface area contributed by atoms with E-state index in [1.165, 1.54) is 0 Å². The normalized spacial score (nSPS) is 15.7. The zero-order valence-corrected chi connectivity index (χ0v) is 16.7. The highest BCUT2D eigenvalue weighted by molar-refractivity contribution is 6.07. The number of aryl methyl sites for hydroxylation is 1. The van der Waals surface area contributed by atoms with Crippen LogP contribution in [0.25, 0.3) is 0 Å². The molecule has 156 valence electrons. The minimum atomic E-state index is -0.523. The third kappa shape index (κ3) is 5.02. The van der Waals surface area contributed by atoms with E-state index in [2.05, 4.69) is 10.6 Å². The number of nitrogens with zero attached hydrogens (tertiary/aromatic N) is 1. The summed E-state index contributed by atoms with van der Waals surface area (Å²) in [5.41, 5.74) is 7.54. The van der Waals surface area contributed by atoms with E-state index in [0.717, 1.165) is 11.3 Å². The first-order chi connectivity index (χ1) is 14.3. The Morgan fingerprint density at radius 1 is 1.10 bits per heavy atom. The molecule has 0 saturated carbocycles. The third-order valence-corrected chi connectivity index (χ3v) is 4.93. The molecule has 1 aliphatic heterocycles. The van der Waals surface area contributed by atoms with Crippen molar-refractivity contribution in [2.24, 2.45) is 11.7 Å². The Balaban J connectivity index is 1.66. The van der Waals surface area contributed by atoms with Gasteiger partial charge in [-0.3, -0.25) is 19.2 Å². The van der Waals surface area contributed by atoms with E-state index in [1.807, 2.05) is 31.2 Å². The highest BCUT2D eigenvalue weighted by Crippen LogP contribution is 2.27. The minimum Gasteiger partial charge on any atom is -0.370 e. The third-order valence-electron chi connectivity index (χ3n) is 4.93. The summed E-state index contributed by atoms with van der Waals surface area (Å²) in [6.07, 6.45) is 0.131. The number of rotatable bonds is 7. The Kier molecular flexibility index (Phi) is 6.46.